The number of para-hydroxylation sites is 1. The Bertz CT molecular complexity index is 1350. The highest BCUT2D eigenvalue weighted by Gasteiger charge is 2.23. The van der Waals surface area contributed by atoms with Gasteiger partial charge in [-0.05, 0) is 30.3 Å². The van der Waals surface area contributed by atoms with Crippen molar-refractivity contribution in [3.05, 3.63) is 75.1 Å². The van der Waals surface area contributed by atoms with E-state index in [4.69, 9.17) is 20.8 Å². The summed E-state index contributed by atoms with van der Waals surface area (Å²) in [4.78, 5) is 51.5. The highest BCUT2D eigenvalue weighted by molar-refractivity contribution is 6.40. The lowest BCUT2D eigenvalue weighted by Gasteiger charge is -2.27. The molecule has 0 bridgehead atoms. The minimum atomic E-state index is -1.09. The highest BCUT2D eigenvalue weighted by atomic mass is 35.5. The van der Waals surface area contributed by atoms with Gasteiger partial charge in [0.05, 0.1) is 41.6 Å². The van der Waals surface area contributed by atoms with Crippen molar-refractivity contribution in [3.8, 4) is 0 Å². The molecular weight excluding hydrogens is 464 g/mol. The molecule has 0 radical (unpaired) electrons. The van der Waals surface area contributed by atoms with Gasteiger partial charge >= 0.3 is 11.8 Å². The summed E-state index contributed by atoms with van der Waals surface area (Å²) in [6.07, 6.45) is 2.25. The van der Waals surface area contributed by atoms with Crippen molar-refractivity contribution in [1.29, 1.82) is 0 Å². The van der Waals surface area contributed by atoms with Crippen molar-refractivity contribution in [3.63, 3.8) is 0 Å². The predicted octanol–water partition coefficient (Wildman–Crippen LogP) is 2.01. The van der Waals surface area contributed by atoms with Gasteiger partial charge in [0.2, 0.25) is 5.43 Å². The maximum absolute atomic E-state index is 12.8. The maximum Gasteiger partial charge on any atom is 0.329 e. The van der Waals surface area contributed by atoms with Gasteiger partial charge in [0, 0.05) is 18.1 Å². The summed E-state index contributed by atoms with van der Waals surface area (Å²) in [6, 6.07) is 11.0. The number of benzene rings is 2. The van der Waals surface area contributed by atoms with Gasteiger partial charge in [-0.25, -0.2) is 5.43 Å². The smallest absolute Gasteiger partial charge is 0.329 e. The molecule has 2 N–H and O–H groups in total. The van der Waals surface area contributed by atoms with E-state index >= 15 is 0 Å². The molecule has 3 amide bonds. The number of amides is 3. The Balaban J connectivity index is 1.42. The Morgan fingerprint density at radius 3 is 2.62 bits per heavy atom. The van der Waals surface area contributed by atoms with Crippen molar-refractivity contribution in [2.45, 2.75) is 0 Å². The minimum Gasteiger partial charge on any atom is -0.463 e. The third-order valence-electron chi connectivity index (χ3n) is 5.04. The summed E-state index contributed by atoms with van der Waals surface area (Å²) < 4.78 is 10.6. The Hall–Kier alpha value is -4.02. The molecule has 0 saturated carbocycles. The van der Waals surface area contributed by atoms with Gasteiger partial charge in [-0.2, -0.15) is 5.10 Å². The number of morpholine rings is 1. The lowest BCUT2D eigenvalue weighted by atomic mass is 10.1. The average molecular weight is 483 g/mol. The number of ether oxygens (including phenoxy) is 1. The molecule has 0 atom stereocenters. The molecule has 174 valence electrons. The van der Waals surface area contributed by atoms with Gasteiger partial charge in [0.15, 0.2) is 0 Å². The molecule has 2 aromatic carbocycles. The summed E-state index contributed by atoms with van der Waals surface area (Å²) in [5, 5.41) is 6.70. The molecular formula is C23H19ClN4O6. The Morgan fingerprint density at radius 2 is 1.82 bits per heavy atom. The number of hydrazone groups is 1. The van der Waals surface area contributed by atoms with Crippen molar-refractivity contribution < 1.29 is 23.5 Å². The predicted molar refractivity (Wildman–Crippen MR) is 125 cm³/mol. The van der Waals surface area contributed by atoms with E-state index in [-0.39, 0.29) is 28.1 Å². The fourth-order valence-corrected chi connectivity index (χ4v) is 3.49. The average Bonchev–Trinajstić information content (AvgIpc) is 2.86. The van der Waals surface area contributed by atoms with E-state index in [1.54, 1.807) is 35.2 Å². The number of nitrogens with one attached hydrogen (secondary N) is 2. The molecule has 1 aliphatic heterocycles. The molecule has 10 nitrogen and oxygen atoms in total. The second-order valence-corrected chi connectivity index (χ2v) is 7.70. The summed E-state index contributed by atoms with van der Waals surface area (Å²) in [6.45, 7) is 1.74. The molecule has 1 fully saturated rings. The summed E-state index contributed by atoms with van der Waals surface area (Å²) >= 11 is 5.92. The number of halogens is 1. The number of anilines is 1. The normalized spacial score (nSPS) is 13.7. The van der Waals surface area contributed by atoms with Crippen molar-refractivity contribution in [2.24, 2.45) is 5.10 Å². The second kappa shape index (κ2) is 10.3. The van der Waals surface area contributed by atoms with E-state index in [0.29, 0.717) is 36.9 Å². The Labute approximate surface area is 198 Å². The van der Waals surface area contributed by atoms with Crippen LogP contribution in [0.1, 0.15) is 15.9 Å². The van der Waals surface area contributed by atoms with Crippen LogP contribution < -0.4 is 16.2 Å². The number of hydrogen-bond acceptors (Lipinski definition) is 7. The first-order valence-corrected chi connectivity index (χ1v) is 10.6. The molecule has 34 heavy (non-hydrogen) atoms. The van der Waals surface area contributed by atoms with E-state index in [1.807, 2.05) is 5.43 Å². The van der Waals surface area contributed by atoms with Crippen LogP contribution in [0, 0.1) is 0 Å². The third-order valence-corrected chi connectivity index (χ3v) is 5.28. The van der Waals surface area contributed by atoms with E-state index in [1.165, 1.54) is 18.4 Å². The van der Waals surface area contributed by atoms with Crippen molar-refractivity contribution in [2.75, 3.05) is 31.6 Å². The molecule has 4 rings (SSSR count). The number of rotatable bonds is 4. The van der Waals surface area contributed by atoms with Crippen LogP contribution in [0.3, 0.4) is 0 Å². The molecule has 1 aliphatic rings. The zero-order valence-electron chi connectivity index (χ0n) is 17.7. The third kappa shape index (κ3) is 5.13. The maximum atomic E-state index is 12.8. The molecule has 0 aliphatic carbocycles. The fourth-order valence-electron chi connectivity index (χ4n) is 3.31. The largest absolute Gasteiger partial charge is 0.463 e. The van der Waals surface area contributed by atoms with Crippen LogP contribution in [-0.2, 0) is 14.3 Å². The van der Waals surface area contributed by atoms with E-state index < -0.39 is 17.2 Å². The topological polar surface area (TPSA) is 130 Å². The summed E-state index contributed by atoms with van der Waals surface area (Å²) in [5.41, 5.74) is 2.49. The van der Waals surface area contributed by atoms with Crippen LogP contribution >= 0.6 is 11.6 Å². The van der Waals surface area contributed by atoms with Crippen LogP contribution in [0.25, 0.3) is 11.0 Å². The monoisotopic (exact) mass is 482 g/mol. The Kier molecular flexibility index (Phi) is 7.00. The quantitative estimate of drug-likeness (QED) is 0.332. The summed E-state index contributed by atoms with van der Waals surface area (Å²) in [5.74, 6) is -2.39. The zero-order chi connectivity index (χ0) is 24.1. The standard InChI is InChI=1S/C23H19ClN4O6/c24-15-5-6-19-17(11-15)20(29)14(13-34-19)12-25-27-22(31)21(30)26-18-4-2-1-3-16(18)23(32)28-7-9-33-10-8-28/h1-6,11-13H,7-10H2,(H,26,30)(H,27,31). The van der Waals surface area contributed by atoms with Crippen LogP contribution in [0.15, 0.2) is 63.0 Å². The Morgan fingerprint density at radius 1 is 1.06 bits per heavy atom. The second-order valence-electron chi connectivity index (χ2n) is 7.26. The number of hydrogen-bond donors (Lipinski definition) is 2. The molecule has 0 unspecified atom stereocenters. The molecule has 11 heteroatoms. The van der Waals surface area contributed by atoms with E-state index in [9.17, 15) is 19.2 Å². The first-order chi connectivity index (χ1) is 16.4. The van der Waals surface area contributed by atoms with E-state index in [0.717, 1.165) is 6.21 Å². The number of nitrogens with zero attached hydrogens (tertiary/aromatic N) is 2. The zero-order valence-corrected chi connectivity index (χ0v) is 18.5. The van der Waals surface area contributed by atoms with Crippen LogP contribution in [0.4, 0.5) is 5.69 Å². The molecule has 3 aromatic rings. The van der Waals surface area contributed by atoms with Gasteiger partial charge in [0.25, 0.3) is 5.91 Å². The first-order valence-electron chi connectivity index (χ1n) is 10.3. The van der Waals surface area contributed by atoms with Gasteiger partial charge < -0.3 is 19.4 Å². The van der Waals surface area contributed by atoms with E-state index in [2.05, 4.69) is 10.4 Å². The first kappa shape index (κ1) is 23.1. The van der Waals surface area contributed by atoms with Crippen molar-refractivity contribution >= 4 is 52.2 Å². The molecule has 1 saturated heterocycles. The lowest BCUT2D eigenvalue weighted by molar-refractivity contribution is -0.136. The molecule has 2 heterocycles. The number of carbonyl (C=O) groups is 3. The lowest BCUT2D eigenvalue weighted by Crippen LogP contribution is -2.41. The van der Waals surface area contributed by atoms with Crippen LogP contribution in [0.5, 0.6) is 0 Å². The van der Waals surface area contributed by atoms with Gasteiger partial charge in [-0.15, -0.1) is 0 Å². The fraction of sp³-hybridized carbons (Fsp3) is 0.174. The van der Waals surface area contributed by atoms with Crippen LogP contribution in [-0.4, -0.2) is 55.1 Å². The van der Waals surface area contributed by atoms with Crippen molar-refractivity contribution in [1.82, 2.24) is 10.3 Å². The van der Waals surface area contributed by atoms with Crippen LogP contribution in [0.2, 0.25) is 5.02 Å². The molecule has 1 aromatic heterocycles. The number of carbonyl (C=O) groups excluding carboxylic acids is 3. The number of fused-ring (bicyclic) bond motifs is 1. The van der Waals surface area contributed by atoms with Gasteiger partial charge in [-0.3, -0.25) is 19.2 Å². The summed E-state index contributed by atoms with van der Waals surface area (Å²) in [7, 11) is 0. The minimum absolute atomic E-state index is 0.0527. The van der Waals surface area contributed by atoms with Gasteiger partial charge in [0.1, 0.15) is 11.8 Å². The SMILES string of the molecule is O=C(NN=Cc1coc2ccc(Cl)cc2c1=O)C(=O)Nc1ccccc1C(=O)N1CCOCC1. The molecule has 0 spiro atoms. The van der Waals surface area contributed by atoms with Gasteiger partial charge in [-0.1, -0.05) is 23.7 Å². The highest BCUT2D eigenvalue weighted by Crippen LogP contribution is 2.18.